The topological polar surface area (TPSA) is 58.6 Å². The van der Waals surface area contributed by atoms with Gasteiger partial charge in [0.1, 0.15) is 5.75 Å². The molecule has 0 spiro atoms. The highest BCUT2D eigenvalue weighted by Crippen LogP contribution is 2.28. The van der Waals surface area contributed by atoms with E-state index in [9.17, 15) is 4.79 Å². The van der Waals surface area contributed by atoms with E-state index in [4.69, 9.17) is 33.0 Å². The fourth-order valence-corrected chi connectivity index (χ4v) is 1.66. The Morgan fingerprint density at radius 2 is 2.11 bits per heavy atom. The van der Waals surface area contributed by atoms with Gasteiger partial charge in [-0.05, 0) is 32.0 Å². The van der Waals surface area contributed by atoms with Crippen molar-refractivity contribution in [1.29, 1.82) is 0 Å². The second kappa shape index (κ2) is 6.83. The van der Waals surface area contributed by atoms with E-state index >= 15 is 0 Å². The molecule has 1 aromatic carbocycles. The minimum atomic E-state index is -0.706. The first kappa shape index (κ1) is 15.1. The van der Waals surface area contributed by atoms with Gasteiger partial charge in [-0.25, -0.2) is 0 Å². The lowest BCUT2D eigenvalue weighted by Crippen LogP contribution is -2.39. The molecule has 0 saturated carbocycles. The van der Waals surface area contributed by atoms with E-state index in [1.165, 1.54) is 0 Å². The maximum Gasteiger partial charge on any atom is 0.260 e. The predicted molar refractivity (Wildman–Crippen MR) is 71.2 cm³/mol. The summed E-state index contributed by atoms with van der Waals surface area (Å²) in [6.45, 7) is 3.37. The summed E-state index contributed by atoms with van der Waals surface area (Å²) in [5, 5.41) is 12.4. The summed E-state index contributed by atoms with van der Waals surface area (Å²) < 4.78 is 5.41. The van der Waals surface area contributed by atoms with Gasteiger partial charge in [0.15, 0.2) is 6.10 Å². The van der Waals surface area contributed by atoms with Crippen molar-refractivity contribution >= 4 is 29.1 Å². The van der Waals surface area contributed by atoms with Gasteiger partial charge in [0.2, 0.25) is 0 Å². The third kappa shape index (κ3) is 4.72. The zero-order valence-electron chi connectivity index (χ0n) is 10.1. The van der Waals surface area contributed by atoms with Crippen LogP contribution in [-0.4, -0.2) is 29.8 Å². The van der Waals surface area contributed by atoms with Gasteiger partial charge in [0.05, 0.1) is 11.1 Å². The summed E-state index contributed by atoms with van der Waals surface area (Å²) in [6.07, 6.45) is -1.30. The van der Waals surface area contributed by atoms with Gasteiger partial charge in [-0.3, -0.25) is 4.79 Å². The van der Waals surface area contributed by atoms with E-state index in [0.29, 0.717) is 15.8 Å². The van der Waals surface area contributed by atoms with Crippen LogP contribution < -0.4 is 10.1 Å². The smallest absolute Gasteiger partial charge is 0.260 e. The molecule has 18 heavy (non-hydrogen) atoms. The first-order chi connectivity index (χ1) is 8.40. The minimum Gasteiger partial charge on any atom is -0.479 e. The number of aliphatic hydroxyl groups is 1. The van der Waals surface area contributed by atoms with Crippen molar-refractivity contribution in [3.8, 4) is 5.75 Å². The highest BCUT2D eigenvalue weighted by molar-refractivity contribution is 6.35. The first-order valence-electron chi connectivity index (χ1n) is 5.47. The van der Waals surface area contributed by atoms with Crippen molar-refractivity contribution in [3.05, 3.63) is 28.2 Å². The molecule has 4 nitrogen and oxygen atoms in total. The molecule has 6 heteroatoms. The molecule has 1 unspecified atom stereocenters. The molecule has 1 amide bonds. The molecule has 0 aliphatic heterocycles. The van der Waals surface area contributed by atoms with Crippen LogP contribution in [0.2, 0.25) is 10.0 Å². The zero-order chi connectivity index (χ0) is 13.7. The lowest BCUT2D eigenvalue weighted by molar-refractivity contribution is -0.127. The fourth-order valence-electron chi connectivity index (χ4n) is 1.21. The van der Waals surface area contributed by atoms with Crippen LogP contribution in [0.15, 0.2) is 18.2 Å². The minimum absolute atomic E-state index is 0.181. The van der Waals surface area contributed by atoms with Gasteiger partial charge in [-0.15, -0.1) is 0 Å². The second-order valence-electron chi connectivity index (χ2n) is 3.93. The van der Waals surface area contributed by atoms with E-state index in [2.05, 4.69) is 5.32 Å². The number of ether oxygens (including phenoxy) is 1. The van der Waals surface area contributed by atoms with Crippen LogP contribution in [0.5, 0.6) is 5.75 Å². The molecule has 0 aromatic heterocycles. The van der Waals surface area contributed by atoms with E-state index in [-0.39, 0.29) is 12.5 Å². The number of amides is 1. The third-order valence-electron chi connectivity index (χ3n) is 2.14. The van der Waals surface area contributed by atoms with Crippen molar-refractivity contribution in [2.45, 2.75) is 26.1 Å². The van der Waals surface area contributed by atoms with Crippen LogP contribution in [0.3, 0.4) is 0 Å². The summed E-state index contributed by atoms with van der Waals surface area (Å²) in [5.41, 5.74) is 0. The van der Waals surface area contributed by atoms with Crippen LogP contribution in [0.1, 0.15) is 13.8 Å². The fraction of sp³-hybridized carbons (Fsp3) is 0.417. The molecule has 1 rings (SSSR count). The Labute approximate surface area is 116 Å². The lowest BCUT2D eigenvalue weighted by atomic mass is 10.3. The maximum atomic E-state index is 11.6. The molecule has 0 heterocycles. The molecule has 1 aromatic rings. The van der Waals surface area contributed by atoms with Gasteiger partial charge in [0.25, 0.3) is 5.91 Å². The second-order valence-corrected chi connectivity index (χ2v) is 4.77. The summed E-state index contributed by atoms with van der Waals surface area (Å²) in [7, 11) is 0. The van der Waals surface area contributed by atoms with Crippen LogP contribution in [-0.2, 0) is 4.79 Å². The molecule has 0 aliphatic carbocycles. The van der Waals surface area contributed by atoms with Gasteiger partial charge in [0, 0.05) is 11.6 Å². The first-order valence-corrected chi connectivity index (χ1v) is 6.23. The Bertz CT molecular complexity index is 424. The number of carbonyl (C=O) groups excluding carboxylic acids is 1. The molecular formula is C12H15Cl2NO3. The standard InChI is InChI=1S/C12H15Cl2NO3/c1-7(16)6-15-12(17)8(2)18-11-4-3-9(13)5-10(11)14/h3-5,7-8,16H,6H2,1-2H3,(H,15,17)/t7-,8?/m0/s1. The molecule has 0 radical (unpaired) electrons. The van der Waals surface area contributed by atoms with Crippen LogP contribution in [0, 0.1) is 0 Å². The average molecular weight is 292 g/mol. The Morgan fingerprint density at radius 1 is 1.44 bits per heavy atom. The number of hydrogen-bond donors (Lipinski definition) is 2. The molecule has 0 fully saturated rings. The zero-order valence-corrected chi connectivity index (χ0v) is 11.6. The van der Waals surface area contributed by atoms with Gasteiger partial charge in [-0.2, -0.15) is 0 Å². The number of benzene rings is 1. The van der Waals surface area contributed by atoms with Gasteiger partial charge >= 0.3 is 0 Å². The van der Waals surface area contributed by atoms with Crippen molar-refractivity contribution in [3.63, 3.8) is 0 Å². The number of hydrogen-bond acceptors (Lipinski definition) is 3. The number of carbonyl (C=O) groups is 1. The Kier molecular flexibility index (Phi) is 5.72. The predicted octanol–water partition coefficient (Wildman–Crippen LogP) is 2.26. The highest BCUT2D eigenvalue weighted by Gasteiger charge is 2.16. The van der Waals surface area contributed by atoms with Crippen LogP contribution >= 0.6 is 23.2 Å². The number of rotatable bonds is 5. The highest BCUT2D eigenvalue weighted by atomic mass is 35.5. The largest absolute Gasteiger partial charge is 0.479 e. The van der Waals surface area contributed by atoms with Crippen molar-refractivity contribution < 1.29 is 14.6 Å². The van der Waals surface area contributed by atoms with Crippen molar-refractivity contribution in [1.82, 2.24) is 5.32 Å². The molecule has 100 valence electrons. The van der Waals surface area contributed by atoms with Gasteiger partial charge < -0.3 is 15.2 Å². The van der Waals surface area contributed by atoms with Gasteiger partial charge in [-0.1, -0.05) is 23.2 Å². The average Bonchev–Trinajstić information content (AvgIpc) is 2.29. The van der Waals surface area contributed by atoms with Crippen LogP contribution in [0.4, 0.5) is 0 Å². The molecular weight excluding hydrogens is 277 g/mol. The third-order valence-corrected chi connectivity index (χ3v) is 2.67. The Balaban J connectivity index is 2.58. The van der Waals surface area contributed by atoms with Crippen molar-refractivity contribution in [2.75, 3.05) is 6.54 Å². The quantitative estimate of drug-likeness (QED) is 0.875. The van der Waals surface area contributed by atoms with E-state index < -0.39 is 12.2 Å². The summed E-state index contributed by atoms with van der Waals surface area (Å²) in [5.74, 6) is 0.0719. The van der Waals surface area contributed by atoms with E-state index in [1.807, 2.05) is 0 Å². The summed E-state index contributed by atoms with van der Waals surface area (Å²) >= 11 is 11.7. The SMILES string of the molecule is CC(Oc1ccc(Cl)cc1Cl)C(=O)NC[C@H](C)O. The normalized spacial score (nSPS) is 13.8. The number of halogens is 2. The molecule has 2 atom stereocenters. The van der Waals surface area contributed by atoms with Crippen LogP contribution in [0.25, 0.3) is 0 Å². The maximum absolute atomic E-state index is 11.6. The number of aliphatic hydroxyl groups excluding tert-OH is 1. The summed E-state index contributed by atoms with van der Waals surface area (Å²) in [4.78, 5) is 11.6. The monoisotopic (exact) mass is 291 g/mol. The Hall–Kier alpha value is -0.970. The van der Waals surface area contributed by atoms with E-state index in [1.54, 1.807) is 32.0 Å². The molecule has 0 bridgehead atoms. The van der Waals surface area contributed by atoms with E-state index in [0.717, 1.165) is 0 Å². The molecule has 0 aliphatic rings. The summed E-state index contributed by atoms with van der Waals surface area (Å²) in [6, 6.07) is 4.77. The number of nitrogens with one attached hydrogen (secondary N) is 1. The van der Waals surface area contributed by atoms with Crippen molar-refractivity contribution in [2.24, 2.45) is 0 Å². The lowest BCUT2D eigenvalue weighted by Gasteiger charge is -2.16. The Morgan fingerprint density at radius 3 is 2.67 bits per heavy atom. The molecule has 0 saturated heterocycles. The molecule has 2 N–H and O–H groups in total.